The van der Waals surface area contributed by atoms with E-state index in [1.54, 1.807) is 77.5 Å². The number of benzene rings is 4. The Hall–Kier alpha value is -4.44. The zero-order chi connectivity index (χ0) is 30.6. The molecule has 1 amide bonds. The van der Waals surface area contributed by atoms with Crippen molar-refractivity contribution in [1.82, 2.24) is 15.2 Å². The summed E-state index contributed by atoms with van der Waals surface area (Å²) in [5.41, 5.74) is 6.96. The molecule has 0 aliphatic heterocycles. The van der Waals surface area contributed by atoms with Crippen LogP contribution in [0, 0.1) is 13.8 Å². The molecule has 218 valence electrons. The van der Waals surface area contributed by atoms with Gasteiger partial charge in [-0.3, -0.25) is 9.10 Å². The molecule has 11 heteroatoms. The number of aryl methyl sites for hydroxylation is 1. The number of rotatable bonds is 9. The predicted molar refractivity (Wildman–Crippen MR) is 171 cm³/mol. The van der Waals surface area contributed by atoms with Crippen LogP contribution in [-0.4, -0.2) is 30.3 Å². The molecule has 1 N–H and O–H groups in total. The minimum atomic E-state index is -3.92. The first kappa shape index (κ1) is 30.0. The summed E-state index contributed by atoms with van der Waals surface area (Å²) in [7, 11) is -3.92. The van der Waals surface area contributed by atoms with Crippen LogP contribution in [-0.2, 0) is 16.6 Å². The van der Waals surface area contributed by atoms with E-state index in [1.165, 1.54) is 10.5 Å². The molecule has 0 unspecified atom stereocenters. The van der Waals surface area contributed by atoms with Crippen LogP contribution in [0.1, 0.15) is 32.7 Å². The summed E-state index contributed by atoms with van der Waals surface area (Å²) in [4.78, 5) is 13.0. The molecular formula is C32H27Cl2N5O3S. The molecule has 0 aliphatic rings. The summed E-state index contributed by atoms with van der Waals surface area (Å²) in [6, 6.07) is 29.5. The number of carbonyl (C=O) groups is 1. The fourth-order valence-corrected chi connectivity index (χ4v) is 6.42. The number of halogens is 2. The Bertz CT molecular complexity index is 1890. The Morgan fingerprint density at radius 1 is 0.930 bits per heavy atom. The Balaban J connectivity index is 1.33. The normalized spacial score (nSPS) is 11.5. The molecule has 1 aromatic heterocycles. The molecule has 0 saturated carbocycles. The van der Waals surface area contributed by atoms with E-state index in [0.717, 1.165) is 16.9 Å². The van der Waals surface area contributed by atoms with Gasteiger partial charge >= 0.3 is 0 Å². The number of carbonyl (C=O) groups excluding carboxylic acids is 1. The van der Waals surface area contributed by atoms with Crippen LogP contribution in [0.5, 0.6) is 0 Å². The largest absolute Gasteiger partial charge is 0.271 e. The molecule has 0 aliphatic carbocycles. The van der Waals surface area contributed by atoms with Crippen molar-refractivity contribution in [3.8, 4) is 5.69 Å². The zero-order valence-electron chi connectivity index (χ0n) is 23.3. The van der Waals surface area contributed by atoms with Gasteiger partial charge in [-0.05, 0) is 73.5 Å². The number of sulfonamides is 1. The Kier molecular flexibility index (Phi) is 8.96. The van der Waals surface area contributed by atoms with E-state index in [2.05, 4.69) is 15.6 Å². The van der Waals surface area contributed by atoms with Crippen molar-refractivity contribution in [1.29, 1.82) is 0 Å². The van der Waals surface area contributed by atoms with Gasteiger partial charge in [-0.25, -0.2) is 18.5 Å². The third-order valence-electron chi connectivity index (χ3n) is 6.79. The summed E-state index contributed by atoms with van der Waals surface area (Å²) in [5.74, 6) is -0.438. The fraction of sp³-hybridized carbons (Fsp3) is 0.0938. The molecule has 5 rings (SSSR count). The van der Waals surface area contributed by atoms with Gasteiger partial charge in [-0.1, -0.05) is 77.8 Å². The van der Waals surface area contributed by atoms with E-state index in [0.29, 0.717) is 27.4 Å². The third-order valence-corrected chi connectivity index (χ3v) is 9.08. The summed E-state index contributed by atoms with van der Waals surface area (Å²) < 4.78 is 30.5. The summed E-state index contributed by atoms with van der Waals surface area (Å²) in [6.45, 7) is 3.72. The second kappa shape index (κ2) is 12.8. The SMILES string of the molecule is Cc1ccc(Cl)cc1N(Cc1ccc(C(=O)N/N=C\c2c(Cl)nn(-c3ccccc3)c2C)cc1)S(=O)(=O)c1ccccc1. The predicted octanol–water partition coefficient (Wildman–Crippen LogP) is 6.96. The minimum Gasteiger partial charge on any atom is -0.267 e. The molecule has 0 bridgehead atoms. The first-order valence-electron chi connectivity index (χ1n) is 13.2. The van der Waals surface area contributed by atoms with Gasteiger partial charge < -0.3 is 0 Å². The van der Waals surface area contributed by atoms with Crippen LogP contribution < -0.4 is 9.73 Å². The maximum atomic E-state index is 13.7. The highest BCUT2D eigenvalue weighted by Gasteiger charge is 2.26. The number of amides is 1. The smallest absolute Gasteiger partial charge is 0.267 e. The standard InChI is InChI=1S/C32H27Cl2N5O3S/c1-22-13-18-26(33)19-30(22)38(43(41,42)28-11-7-4-8-12-28)21-24-14-16-25(17-15-24)32(40)36-35-20-29-23(2)39(37-31(29)34)27-9-5-3-6-10-27/h3-20H,21H2,1-2H3,(H,36,40)/b35-20-. The van der Waals surface area contributed by atoms with E-state index in [-0.39, 0.29) is 16.6 Å². The molecular weight excluding hydrogens is 605 g/mol. The molecule has 43 heavy (non-hydrogen) atoms. The topological polar surface area (TPSA) is 96.7 Å². The van der Waals surface area contributed by atoms with E-state index in [9.17, 15) is 13.2 Å². The molecule has 8 nitrogen and oxygen atoms in total. The van der Waals surface area contributed by atoms with Crippen molar-refractivity contribution in [3.63, 3.8) is 0 Å². The highest BCUT2D eigenvalue weighted by molar-refractivity contribution is 7.92. The van der Waals surface area contributed by atoms with Crippen molar-refractivity contribution >= 4 is 51.0 Å². The number of aromatic nitrogens is 2. The maximum absolute atomic E-state index is 13.7. The number of hydrogen-bond acceptors (Lipinski definition) is 5. The molecule has 4 aromatic carbocycles. The second-order valence-corrected chi connectivity index (χ2v) is 12.3. The van der Waals surface area contributed by atoms with Crippen LogP contribution in [0.3, 0.4) is 0 Å². The molecule has 0 saturated heterocycles. The van der Waals surface area contributed by atoms with Gasteiger partial charge in [-0.2, -0.15) is 10.2 Å². The lowest BCUT2D eigenvalue weighted by atomic mass is 10.1. The summed E-state index contributed by atoms with van der Waals surface area (Å²) in [6.07, 6.45) is 1.45. The summed E-state index contributed by atoms with van der Waals surface area (Å²) in [5, 5.41) is 9.12. The molecule has 1 heterocycles. The molecule has 0 spiro atoms. The number of nitrogens with zero attached hydrogens (tertiary/aromatic N) is 4. The van der Waals surface area contributed by atoms with Gasteiger partial charge in [0.1, 0.15) is 0 Å². The van der Waals surface area contributed by atoms with Gasteiger partial charge in [0.25, 0.3) is 15.9 Å². The van der Waals surface area contributed by atoms with E-state index < -0.39 is 15.9 Å². The average Bonchev–Trinajstić information content (AvgIpc) is 3.30. The summed E-state index contributed by atoms with van der Waals surface area (Å²) >= 11 is 12.6. The lowest BCUT2D eigenvalue weighted by Crippen LogP contribution is -2.31. The van der Waals surface area contributed by atoms with Crippen molar-refractivity contribution < 1.29 is 13.2 Å². The first-order chi connectivity index (χ1) is 20.6. The second-order valence-electron chi connectivity index (χ2n) is 9.69. The number of hydrazone groups is 1. The van der Waals surface area contributed by atoms with Crippen molar-refractivity contribution in [2.45, 2.75) is 25.3 Å². The van der Waals surface area contributed by atoms with Crippen LogP contribution in [0.4, 0.5) is 5.69 Å². The van der Waals surface area contributed by atoms with Crippen molar-refractivity contribution in [3.05, 3.63) is 141 Å². The van der Waals surface area contributed by atoms with Gasteiger partial charge in [-0.15, -0.1) is 0 Å². The van der Waals surface area contributed by atoms with Gasteiger partial charge in [0, 0.05) is 10.6 Å². The highest BCUT2D eigenvalue weighted by Crippen LogP contribution is 2.31. The molecule has 5 aromatic rings. The van der Waals surface area contributed by atoms with Crippen LogP contribution >= 0.6 is 23.2 Å². The number of para-hydroxylation sites is 1. The number of anilines is 1. The Labute approximate surface area is 260 Å². The Morgan fingerprint density at radius 2 is 1.58 bits per heavy atom. The van der Waals surface area contributed by atoms with Crippen LogP contribution in [0.15, 0.2) is 113 Å². The first-order valence-corrected chi connectivity index (χ1v) is 15.4. The van der Waals surface area contributed by atoms with Crippen LogP contribution in [0.2, 0.25) is 10.2 Å². The number of nitrogens with one attached hydrogen (secondary N) is 1. The van der Waals surface area contributed by atoms with Crippen molar-refractivity contribution in [2.24, 2.45) is 5.10 Å². The fourth-order valence-electron chi connectivity index (χ4n) is 4.47. The molecule has 0 atom stereocenters. The van der Waals surface area contributed by atoms with Gasteiger partial charge in [0.2, 0.25) is 0 Å². The van der Waals surface area contributed by atoms with Gasteiger partial charge in [0.15, 0.2) is 5.15 Å². The van der Waals surface area contributed by atoms with Crippen LogP contribution in [0.25, 0.3) is 5.69 Å². The van der Waals surface area contributed by atoms with E-state index >= 15 is 0 Å². The lowest BCUT2D eigenvalue weighted by Gasteiger charge is -2.26. The average molecular weight is 633 g/mol. The quantitative estimate of drug-likeness (QED) is 0.140. The zero-order valence-corrected chi connectivity index (χ0v) is 25.6. The number of hydrogen-bond donors (Lipinski definition) is 1. The van der Waals surface area contributed by atoms with E-state index in [1.807, 2.05) is 44.2 Å². The highest BCUT2D eigenvalue weighted by atomic mass is 35.5. The lowest BCUT2D eigenvalue weighted by molar-refractivity contribution is 0.0955. The van der Waals surface area contributed by atoms with Gasteiger partial charge in [0.05, 0.1) is 40.3 Å². The third kappa shape index (κ3) is 6.64. The molecule has 0 radical (unpaired) electrons. The minimum absolute atomic E-state index is 0.0294. The van der Waals surface area contributed by atoms with Crippen molar-refractivity contribution in [2.75, 3.05) is 4.31 Å². The van der Waals surface area contributed by atoms with E-state index in [4.69, 9.17) is 23.2 Å². The monoisotopic (exact) mass is 631 g/mol. The maximum Gasteiger partial charge on any atom is 0.271 e. The Morgan fingerprint density at radius 3 is 2.26 bits per heavy atom. The molecule has 0 fully saturated rings.